The lowest BCUT2D eigenvalue weighted by Gasteiger charge is -2.22. The molecule has 1 N–H and O–H groups in total. The zero-order chi connectivity index (χ0) is 14.5. The molecule has 0 aromatic carbocycles. The van der Waals surface area contributed by atoms with Crippen molar-refractivity contribution in [1.29, 1.82) is 0 Å². The largest absolute Gasteiger partial charge is 0.353 e. The van der Waals surface area contributed by atoms with Crippen LogP contribution < -0.4 is 5.32 Å². The van der Waals surface area contributed by atoms with Crippen molar-refractivity contribution in [3.05, 3.63) is 12.2 Å². The summed E-state index contributed by atoms with van der Waals surface area (Å²) in [6.07, 6.45) is 5.76. The quantitative estimate of drug-likeness (QED) is 0.810. The number of carbonyl (C=O) groups is 2. The number of hydrogen-bond donors (Lipinski definition) is 1. The average Bonchev–Trinajstić information content (AvgIpc) is 2.43. The van der Waals surface area contributed by atoms with Crippen LogP contribution >= 0.6 is 11.8 Å². The molecule has 20 heavy (non-hydrogen) atoms. The monoisotopic (exact) mass is 293 g/mol. The molecule has 0 radical (unpaired) electrons. The minimum Gasteiger partial charge on any atom is -0.353 e. The van der Waals surface area contributed by atoms with Crippen LogP contribution in [0.5, 0.6) is 0 Å². The molecule has 0 bridgehead atoms. The van der Waals surface area contributed by atoms with E-state index in [-0.39, 0.29) is 17.6 Å². The molecule has 0 unspecified atom stereocenters. The van der Waals surface area contributed by atoms with Gasteiger partial charge < -0.3 is 5.32 Å². The molecule has 108 valence electrons. The molecule has 2 rings (SSSR count). The van der Waals surface area contributed by atoms with E-state index in [1.165, 1.54) is 31.0 Å². The van der Waals surface area contributed by atoms with E-state index in [4.69, 9.17) is 0 Å². The standard InChI is InChI=1S/C14H19N3O2S/c1-9-10(2)15-14(17-13(9)19)20-8-12(18)16-11-6-4-3-5-7-11/h11H,1,3-8H2,2H3,(H,16,18). The van der Waals surface area contributed by atoms with E-state index in [9.17, 15) is 9.59 Å². The first-order valence-electron chi connectivity index (χ1n) is 6.86. The Balaban J connectivity index is 1.80. The first kappa shape index (κ1) is 15.0. The van der Waals surface area contributed by atoms with E-state index in [2.05, 4.69) is 21.9 Å². The molecule has 0 aromatic rings. The first-order valence-corrected chi connectivity index (χ1v) is 7.84. The summed E-state index contributed by atoms with van der Waals surface area (Å²) in [5.41, 5.74) is 0.890. The predicted octanol–water partition coefficient (Wildman–Crippen LogP) is 2.08. The van der Waals surface area contributed by atoms with Crippen LogP contribution in [-0.4, -0.2) is 34.5 Å². The number of amides is 2. The number of thioether (sulfide) groups is 1. The summed E-state index contributed by atoms with van der Waals surface area (Å²) < 4.78 is 0. The number of aliphatic imine (C=N–C) groups is 2. The Labute approximate surface area is 123 Å². The third kappa shape index (κ3) is 4.03. The van der Waals surface area contributed by atoms with Gasteiger partial charge in [0, 0.05) is 6.04 Å². The van der Waals surface area contributed by atoms with Gasteiger partial charge in [0.05, 0.1) is 17.0 Å². The second kappa shape index (κ2) is 6.83. The third-order valence-electron chi connectivity index (χ3n) is 3.46. The summed E-state index contributed by atoms with van der Waals surface area (Å²) in [4.78, 5) is 31.3. The van der Waals surface area contributed by atoms with Crippen molar-refractivity contribution in [2.45, 2.75) is 45.1 Å². The van der Waals surface area contributed by atoms with Gasteiger partial charge in [-0.1, -0.05) is 37.6 Å². The Hall–Kier alpha value is -1.43. The van der Waals surface area contributed by atoms with Crippen LogP contribution in [0.3, 0.4) is 0 Å². The van der Waals surface area contributed by atoms with E-state index < -0.39 is 0 Å². The van der Waals surface area contributed by atoms with E-state index in [0.717, 1.165) is 12.8 Å². The lowest BCUT2D eigenvalue weighted by atomic mass is 9.95. The molecule has 0 atom stereocenters. The number of amidine groups is 1. The lowest BCUT2D eigenvalue weighted by Crippen LogP contribution is -2.37. The maximum atomic E-state index is 11.8. The average molecular weight is 293 g/mol. The fourth-order valence-electron chi connectivity index (χ4n) is 2.26. The van der Waals surface area contributed by atoms with Crippen molar-refractivity contribution in [3.8, 4) is 0 Å². The number of nitrogens with zero attached hydrogens (tertiary/aromatic N) is 2. The minimum absolute atomic E-state index is 0.0192. The van der Waals surface area contributed by atoms with Crippen LogP contribution in [0.4, 0.5) is 0 Å². The Morgan fingerprint density at radius 1 is 1.35 bits per heavy atom. The second-order valence-corrected chi connectivity index (χ2v) is 6.01. The molecular formula is C14H19N3O2S. The second-order valence-electron chi connectivity index (χ2n) is 5.07. The summed E-state index contributed by atoms with van der Waals surface area (Å²) in [7, 11) is 0. The first-order chi connectivity index (χ1) is 9.56. The van der Waals surface area contributed by atoms with Crippen molar-refractivity contribution < 1.29 is 9.59 Å². The van der Waals surface area contributed by atoms with Gasteiger partial charge in [-0.05, 0) is 19.8 Å². The van der Waals surface area contributed by atoms with Gasteiger partial charge in [-0.3, -0.25) is 9.59 Å². The Morgan fingerprint density at radius 3 is 2.70 bits per heavy atom. The lowest BCUT2D eigenvalue weighted by molar-refractivity contribution is -0.119. The van der Waals surface area contributed by atoms with Crippen molar-refractivity contribution in [3.63, 3.8) is 0 Å². The number of nitrogens with one attached hydrogen (secondary N) is 1. The van der Waals surface area contributed by atoms with Crippen LogP contribution in [0.2, 0.25) is 0 Å². The molecule has 1 saturated carbocycles. The van der Waals surface area contributed by atoms with Gasteiger partial charge in [0.2, 0.25) is 5.91 Å². The number of rotatable bonds is 3. The topological polar surface area (TPSA) is 70.9 Å². The predicted molar refractivity (Wildman–Crippen MR) is 82.2 cm³/mol. The molecule has 1 aliphatic heterocycles. The Kier molecular flexibility index (Phi) is 5.11. The van der Waals surface area contributed by atoms with E-state index >= 15 is 0 Å². The molecule has 5 nitrogen and oxygen atoms in total. The number of hydrogen-bond acceptors (Lipinski definition) is 4. The SMILES string of the molecule is C=C1C(=O)N=C(SCC(=O)NC2CCCCC2)N=C1C. The maximum Gasteiger partial charge on any atom is 0.280 e. The molecule has 2 amide bonds. The van der Waals surface area contributed by atoms with E-state index in [0.29, 0.717) is 22.5 Å². The van der Waals surface area contributed by atoms with E-state index in [1.54, 1.807) is 6.92 Å². The van der Waals surface area contributed by atoms with Gasteiger partial charge in [-0.15, -0.1) is 0 Å². The summed E-state index contributed by atoms with van der Waals surface area (Å²) in [5.74, 6) is -0.145. The van der Waals surface area contributed by atoms with Crippen LogP contribution in [-0.2, 0) is 9.59 Å². The van der Waals surface area contributed by atoms with E-state index in [1.807, 2.05) is 0 Å². The highest BCUT2D eigenvalue weighted by Gasteiger charge is 2.19. The van der Waals surface area contributed by atoms with Gasteiger partial charge in [0.15, 0.2) is 5.17 Å². The third-order valence-corrected chi connectivity index (χ3v) is 4.31. The van der Waals surface area contributed by atoms with Crippen molar-refractivity contribution in [2.75, 3.05) is 5.75 Å². The summed E-state index contributed by atoms with van der Waals surface area (Å²) in [5, 5.41) is 3.37. The Bertz CT molecular complexity index is 491. The molecule has 0 spiro atoms. The highest BCUT2D eigenvalue weighted by molar-refractivity contribution is 8.14. The van der Waals surface area contributed by atoms with Crippen LogP contribution in [0.1, 0.15) is 39.0 Å². The van der Waals surface area contributed by atoms with Crippen LogP contribution in [0.25, 0.3) is 0 Å². The molecule has 1 fully saturated rings. The van der Waals surface area contributed by atoms with Gasteiger partial charge in [-0.2, -0.15) is 4.99 Å². The zero-order valence-electron chi connectivity index (χ0n) is 11.6. The van der Waals surface area contributed by atoms with Crippen LogP contribution in [0, 0.1) is 0 Å². The summed E-state index contributed by atoms with van der Waals surface area (Å²) in [6, 6.07) is 0.303. The highest BCUT2D eigenvalue weighted by Crippen LogP contribution is 2.18. The van der Waals surface area contributed by atoms with Crippen LogP contribution in [0.15, 0.2) is 22.1 Å². The smallest absolute Gasteiger partial charge is 0.280 e. The fraction of sp³-hybridized carbons (Fsp3) is 0.571. The molecule has 0 saturated heterocycles. The highest BCUT2D eigenvalue weighted by atomic mass is 32.2. The van der Waals surface area contributed by atoms with Crippen molar-refractivity contribution in [2.24, 2.45) is 9.98 Å². The fourth-order valence-corrected chi connectivity index (χ4v) is 2.95. The Morgan fingerprint density at radius 2 is 2.05 bits per heavy atom. The molecule has 6 heteroatoms. The maximum absolute atomic E-state index is 11.8. The molecule has 1 aliphatic carbocycles. The minimum atomic E-state index is -0.368. The zero-order valence-corrected chi connectivity index (χ0v) is 12.5. The summed E-state index contributed by atoms with van der Waals surface area (Å²) >= 11 is 1.19. The van der Waals surface area contributed by atoms with Gasteiger partial charge in [0.25, 0.3) is 5.91 Å². The van der Waals surface area contributed by atoms with Crippen molar-refractivity contribution >= 4 is 34.5 Å². The number of carbonyl (C=O) groups excluding carboxylic acids is 2. The summed E-state index contributed by atoms with van der Waals surface area (Å²) in [6.45, 7) is 5.33. The van der Waals surface area contributed by atoms with Gasteiger partial charge in [0.1, 0.15) is 0 Å². The van der Waals surface area contributed by atoms with Gasteiger partial charge in [-0.25, -0.2) is 4.99 Å². The molecule has 0 aromatic heterocycles. The molecular weight excluding hydrogens is 274 g/mol. The molecule has 2 aliphatic rings. The van der Waals surface area contributed by atoms with Crippen molar-refractivity contribution in [1.82, 2.24) is 5.32 Å². The van der Waals surface area contributed by atoms with Gasteiger partial charge >= 0.3 is 0 Å². The molecule has 1 heterocycles. The normalized spacial score (nSPS) is 20.4.